The molecule has 2 amide bonds. The predicted molar refractivity (Wildman–Crippen MR) is 110 cm³/mol. The molecule has 0 heterocycles. The van der Waals surface area contributed by atoms with Crippen molar-refractivity contribution in [3.63, 3.8) is 0 Å². The van der Waals surface area contributed by atoms with Crippen LogP contribution in [-0.2, 0) is 11.2 Å². The molecule has 7 heteroatoms. The van der Waals surface area contributed by atoms with E-state index in [1.807, 2.05) is 36.4 Å². The molecule has 0 unspecified atom stereocenters. The largest absolute Gasteiger partial charge is 0.465 e. The summed E-state index contributed by atoms with van der Waals surface area (Å²) in [6, 6.07) is 14.8. The van der Waals surface area contributed by atoms with Gasteiger partial charge in [0.2, 0.25) is 0 Å². The molecule has 2 aromatic rings. The number of nitrogens with zero attached hydrogens (tertiary/aromatic N) is 1. The third-order valence-electron chi connectivity index (χ3n) is 4.35. The Morgan fingerprint density at radius 2 is 1.39 bits per heavy atom. The first-order valence-corrected chi connectivity index (χ1v) is 9.34. The quantitative estimate of drug-likeness (QED) is 0.600. The minimum atomic E-state index is -1.08. The van der Waals surface area contributed by atoms with Crippen molar-refractivity contribution in [2.45, 2.75) is 20.3 Å². The molecular weight excluding hydrogens is 358 g/mol. The zero-order valence-corrected chi connectivity index (χ0v) is 16.3. The molecule has 2 rings (SSSR count). The predicted octanol–water partition coefficient (Wildman–Crippen LogP) is 4.26. The van der Waals surface area contributed by atoms with Crippen molar-refractivity contribution < 1.29 is 19.4 Å². The monoisotopic (exact) mass is 385 g/mol. The van der Waals surface area contributed by atoms with Crippen LogP contribution in [0.4, 0.5) is 21.0 Å². The highest BCUT2D eigenvalue weighted by atomic mass is 16.5. The molecule has 0 atom stereocenters. The normalized spacial score (nSPS) is 10.5. The number of nitrogens with one attached hydrogen (secondary N) is 2. The van der Waals surface area contributed by atoms with Crippen molar-refractivity contribution in [2.24, 2.45) is 0 Å². The Morgan fingerprint density at radius 3 is 1.86 bits per heavy atom. The maximum Gasteiger partial charge on any atom is 0.411 e. The molecule has 0 aliphatic carbocycles. The molecule has 0 bridgehead atoms. The van der Waals surface area contributed by atoms with E-state index in [9.17, 15) is 9.59 Å². The summed E-state index contributed by atoms with van der Waals surface area (Å²) in [7, 11) is 0. The summed E-state index contributed by atoms with van der Waals surface area (Å²) in [5, 5.41) is 13.7. The number of ether oxygens (including phenoxy) is 1. The van der Waals surface area contributed by atoms with E-state index < -0.39 is 12.2 Å². The Kier molecular flexibility index (Phi) is 8.30. The molecule has 0 saturated carbocycles. The van der Waals surface area contributed by atoms with E-state index in [0.29, 0.717) is 24.4 Å². The van der Waals surface area contributed by atoms with Crippen LogP contribution >= 0.6 is 0 Å². The molecule has 3 N–H and O–H groups in total. The fourth-order valence-electron chi connectivity index (χ4n) is 2.73. The minimum Gasteiger partial charge on any atom is -0.465 e. The number of rotatable bonds is 9. The summed E-state index contributed by atoms with van der Waals surface area (Å²) in [5.41, 5.74) is 3.36. The van der Waals surface area contributed by atoms with Gasteiger partial charge in [-0.2, -0.15) is 0 Å². The van der Waals surface area contributed by atoms with Gasteiger partial charge in [-0.1, -0.05) is 38.1 Å². The van der Waals surface area contributed by atoms with Crippen LogP contribution in [0.15, 0.2) is 48.5 Å². The van der Waals surface area contributed by atoms with E-state index in [4.69, 9.17) is 9.84 Å². The number of carbonyl (C=O) groups excluding carboxylic acids is 1. The second-order valence-corrected chi connectivity index (χ2v) is 6.29. The van der Waals surface area contributed by atoms with Crippen LogP contribution in [0.2, 0.25) is 0 Å². The minimum absolute atomic E-state index is 0.359. The SMILES string of the molecule is CCN(CC)CCOC(=O)Nc1ccc(Cc2ccc(NC(=O)O)cc2)cc1. The molecule has 2 aromatic carbocycles. The Bertz CT molecular complexity index is 756. The number of benzene rings is 2. The van der Waals surface area contributed by atoms with E-state index in [2.05, 4.69) is 29.4 Å². The number of carboxylic acid groups (broad SMARTS) is 1. The Labute approximate surface area is 165 Å². The maximum absolute atomic E-state index is 11.9. The highest BCUT2D eigenvalue weighted by Gasteiger charge is 2.06. The Morgan fingerprint density at radius 1 is 0.893 bits per heavy atom. The molecule has 0 fully saturated rings. The van der Waals surface area contributed by atoms with E-state index in [0.717, 1.165) is 30.8 Å². The number of amides is 2. The van der Waals surface area contributed by atoms with E-state index in [1.165, 1.54) is 0 Å². The molecule has 0 saturated heterocycles. The molecular formula is C21H27N3O4. The van der Waals surface area contributed by atoms with Crippen molar-refractivity contribution in [2.75, 3.05) is 36.9 Å². The van der Waals surface area contributed by atoms with Gasteiger partial charge < -0.3 is 14.7 Å². The van der Waals surface area contributed by atoms with Crippen molar-refractivity contribution >= 4 is 23.6 Å². The zero-order chi connectivity index (χ0) is 20.4. The highest BCUT2D eigenvalue weighted by molar-refractivity contribution is 5.84. The Balaban J connectivity index is 1.81. The fraction of sp³-hybridized carbons (Fsp3) is 0.333. The lowest BCUT2D eigenvalue weighted by atomic mass is 10.0. The number of hydrogen-bond acceptors (Lipinski definition) is 4. The summed E-state index contributed by atoms with van der Waals surface area (Å²) >= 11 is 0. The van der Waals surface area contributed by atoms with Crippen LogP contribution in [0, 0.1) is 0 Å². The van der Waals surface area contributed by atoms with Crippen LogP contribution in [0.5, 0.6) is 0 Å². The van der Waals surface area contributed by atoms with Gasteiger partial charge in [-0.05, 0) is 54.9 Å². The third kappa shape index (κ3) is 7.28. The lowest BCUT2D eigenvalue weighted by molar-refractivity contribution is 0.142. The smallest absolute Gasteiger partial charge is 0.411 e. The summed E-state index contributed by atoms with van der Waals surface area (Å²) in [5.74, 6) is 0. The van der Waals surface area contributed by atoms with Gasteiger partial charge in [0, 0.05) is 17.9 Å². The summed E-state index contributed by atoms with van der Waals surface area (Å²) in [6.45, 7) is 7.10. The van der Waals surface area contributed by atoms with Crippen molar-refractivity contribution in [3.05, 3.63) is 59.7 Å². The van der Waals surface area contributed by atoms with Crippen LogP contribution in [0.1, 0.15) is 25.0 Å². The van der Waals surface area contributed by atoms with Gasteiger partial charge in [0.05, 0.1) is 0 Å². The first-order valence-electron chi connectivity index (χ1n) is 9.34. The van der Waals surface area contributed by atoms with Gasteiger partial charge in [0.25, 0.3) is 0 Å². The summed E-state index contributed by atoms with van der Waals surface area (Å²) < 4.78 is 5.21. The lowest BCUT2D eigenvalue weighted by Crippen LogP contribution is -2.28. The second kappa shape index (κ2) is 10.9. The standard InChI is InChI=1S/C21H27N3O4/c1-3-24(4-2)13-14-28-21(27)23-19-11-7-17(8-12-19)15-16-5-9-18(10-6-16)22-20(25)26/h5-12,22H,3-4,13-15H2,1-2H3,(H,23,27)(H,25,26). The average molecular weight is 385 g/mol. The van der Waals surface area contributed by atoms with Crippen molar-refractivity contribution in [1.29, 1.82) is 0 Å². The molecule has 7 nitrogen and oxygen atoms in total. The molecule has 0 aliphatic heterocycles. The molecule has 150 valence electrons. The molecule has 0 aromatic heterocycles. The molecule has 0 spiro atoms. The lowest BCUT2D eigenvalue weighted by Gasteiger charge is -2.17. The topological polar surface area (TPSA) is 90.9 Å². The first-order chi connectivity index (χ1) is 13.5. The van der Waals surface area contributed by atoms with E-state index >= 15 is 0 Å². The molecule has 0 aliphatic rings. The number of hydrogen-bond donors (Lipinski definition) is 3. The van der Waals surface area contributed by atoms with Crippen LogP contribution in [0.25, 0.3) is 0 Å². The number of likely N-dealkylation sites (N-methyl/N-ethyl adjacent to an activating group) is 1. The van der Waals surface area contributed by atoms with Crippen molar-refractivity contribution in [3.8, 4) is 0 Å². The van der Waals surface area contributed by atoms with Gasteiger partial charge in [-0.25, -0.2) is 9.59 Å². The Hall–Kier alpha value is -3.06. The zero-order valence-electron chi connectivity index (χ0n) is 16.3. The van der Waals surface area contributed by atoms with Crippen LogP contribution in [0.3, 0.4) is 0 Å². The highest BCUT2D eigenvalue weighted by Crippen LogP contribution is 2.16. The van der Waals surface area contributed by atoms with Gasteiger partial charge >= 0.3 is 12.2 Å². The molecule has 0 radical (unpaired) electrons. The average Bonchev–Trinajstić information content (AvgIpc) is 2.68. The van der Waals surface area contributed by atoms with Crippen molar-refractivity contribution in [1.82, 2.24) is 4.90 Å². The number of carbonyl (C=O) groups is 2. The summed E-state index contributed by atoms with van der Waals surface area (Å²) in [4.78, 5) is 24.7. The maximum atomic E-state index is 11.9. The summed E-state index contributed by atoms with van der Waals surface area (Å²) in [6.07, 6.45) is -0.828. The first kappa shape index (κ1) is 21.2. The van der Waals surface area contributed by atoms with Gasteiger partial charge in [0.15, 0.2) is 0 Å². The van der Waals surface area contributed by atoms with Crippen LogP contribution < -0.4 is 10.6 Å². The second-order valence-electron chi connectivity index (χ2n) is 6.29. The van der Waals surface area contributed by atoms with Gasteiger partial charge in [0.1, 0.15) is 6.61 Å². The molecule has 28 heavy (non-hydrogen) atoms. The fourth-order valence-corrected chi connectivity index (χ4v) is 2.73. The number of anilines is 2. The van der Waals surface area contributed by atoms with Gasteiger partial charge in [-0.3, -0.25) is 10.6 Å². The third-order valence-corrected chi connectivity index (χ3v) is 4.35. The van der Waals surface area contributed by atoms with Crippen LogP contribution in [-0.4, -0.2) is 48.4 Å². The van der Waals surface area contributed by atoms with Gasteiger partial charge in [-0.15, -0.1) is 0 Å². The van der Waals surface area contributed by atoms with E-state index in [1.54, 1.807) is 12.1 Å². The van der Waals surface area contributed by atoms with E-state index in [-0.39, 0.29) is 0 Å².